The Balaban J connectivity index is 2.49. The highest BCUT2D eigenvalue weighted by molar-refractivity contribution is 5.81. The van der Waals surface area contributed by atoms with Crippen LogP contribution in [-0.4, -0.2) is 16.9 Å². The lowest BCUT2D eigenvalue weighted by Gasteiger charge is -2.11. The molecule has 1 rings (SSSR count). The monoisotopic (exact) mass is 219 g/mol. The smallest absolute Gasteiger partial charge is 0.237 e. The lowest BCUT2D eigenvalue weighted by atomic mass is 10.1. The number of nitrogens with one attached hydrogen (secondary N) is 1. The molecule has 0 saturated carbocycles. The van der Waals surface area contributed by atoms with E-state index in [1.54, 1.807) is 18.5 Å². The molecule has 0 aromatic carbocycles. The van der Waals surface area contributed by atoms with E-state index in [0.29, 0.717) is 13.0 Å². The van der Waals surface area contributed by atoms with Crippen molar-refractivity contribution in [3.8, 4) is 0 Å². The first-order valence-corrected chi connectivity index (χ1v) is 5.19. The van der Waals surface area contributed by atoms with Gasteiger partial charge >= 0.3 is 0 Å². The largest absolute Gasteiger partial charge is 0.351 e. The molecule has 1 amide bonds. The number of hydrogen-bond acceptors (Lipinski definition) is 3. The van der Waals surface area contributed by atoms with Crippen LogP contribution in [0.3, 0.4) is 0 Å². The Morgan fingerprint density at radius 2 is 2.50 bits per heavy atom. The molecule has 0 radical (unpaired) electrons. The maximum atomic E-state index is 11.5. The van der Waals surface area contributed by atoms with Crippen LogP contribution in [0.5, 0.6) is 0 Å². The van der Waals surface area contributed by atoms with Crippen molar-refractivity contribution in [2.45, 2.75) is 25.9 Å². The molecule has 0 saturated heterocycles. The number of carbonyl (C=O) groups is 1. The number of hydrogen-bond donors (Lipinski definition) is 2. The molecule has 0 spiro atoms. The third-order valence-corrected chi connectivity index (χ3v) is 2.35. The van der Waals surface area contributed by atoms with Crippen LogP contribution in [0.4, 0.5) is 0 Å². The molecule has 1 aromatic rings. The highest BCUT2D eigenvalue weighted by atomic mass is 16.2. The average molecular weight is 219 g/mol. The normalized spacial score (nSPS) is 11.9. The Bertz CT molecular complexity index is 376. The number of aryl methyl sites for hydroxylation is 1. The molecule has 0 aliphatic carbocycles. The van der Waals surface area contributed by atoms with E-state index in [1.807, 2.05) is 13.0 Å². The van der Waals surface area contributed by atoms with E-state index in [9.17, 15) is 4.79 Å². The lowest BCUT2D eigenvalue weighted by molar-refractivity contribution is -0.122. The van der Waals surface area contributed by atoms with Crippen LogP contribution in [-0.2, 0) is 11.3 Å². The van der Waals surface area contributed by atoms with Gasteiger partial charge in [-0.2, -0.15) is 0 Å². The summed E-state index contributed by atoms with van der Waals surface area (Å²) in [5, 5.41) is 2.78. The first-order valence-electron chi connectivity index (χ1n) is 5.19. The zero-order valence-electron chi connectivity index (χ0n) is 9.44. The van der Waals surface area contributed by atoms with Crippen molar-refractivity contribution in [3.63, 3.8) is 0 Å². The van der Waals surface area contributed by atoms with E-state index in [4.69, 9.17) is 5.73 Å². The topological polar surface area (TPSA) is 68.0 Å². The molecule has 0 aliphatic heterocycles. The van der Waals surface area contributed by atoms with Gasteiger partial charge in [0, 0.05) is 18.9 Å². The van der Waals surface area contributed by atoms with E-state index >= 15 is 0 Å². The molecule has 1 heterocycles. The summed E-state index contributed by atoms with van der Waals surface area (Å²) < 4.78 is 0. The van der Waals surface area contributed by atoms with Crippen molar-refractivity contribution in [3.05, 3.63) is 42.2 Å². The fourth-order valence-corrected chi connectivity index (χ4v) is 1.30. The third-order valence-electron chi connectivity index (χ3n) is 2.35. The van der Waals surface area contributed by atoms with E-state index in [2.05, 4.69) is 16.9 Å². The van der Waals surface area contributed by atoms with Crippen molar-refractivity contribution in [2.24, 2.45) is 5.73 Å². The second-order valence-corrected chi connectivity index (χ2v) is 3.65. The van der Waals surface area contributed by atoms with Crippen LogP contribution >= 0.6 is 0 Å². The summed E-state index contributed by atoms with van der Waals surface area (Å²) in [5.41, 5.74) is 7.74. The Labute approximate surface area is 95.6 Å². The number of rotatable bonds is 5. The van der Waals surface area contributed by atoms with Gasteiger partial charge < -0.3 is 11.1 Å². The van der Waals surface area contributed by atoms with Gasteiger partial charge in [-0.05, 0) is 30.5 Å². The first kappa shape index (κ1) is 12.4. The zero-order chi connectivity index (χ0) is 12.0. The van der Waals surface area contributed by atoms with Gasteiger partial charge in [0.1, 0.15) is 0 Å². The van der Waals surface area contributed by atoms with Gasteiger partial charge in [0.15, 0.2) is 0 Å². The first-order chi connectivity index (χ1) is 7.65. The summed E-state index contributed by atoms with van der Waals surface area (Å²) in [7, 11) is 0. The van der Waals surface area contributed by atoms with E-state index in [1.165, 1.54) is 0 Å². The van der Waals surface area contributed by atoms with Crippen LogP contribution in [0.25, 0.3) is 0 Å². The Hall–Kier alpha value is -1.68. The molecule has 16 heavy (non-hydrogen) atoms. The second kappa shape index (κ2) is 6.02. The molecular weight excluding hydrogens is 202 g/mol. The van der Waals surface area contributed by atoms with Gasteiger partial charge in [0.25, 0.3) is 0 Å². The van der Waals surface area contributed by atoms with Gasteiger partial charge in [0.05, 0.1) is 6.04 Å². The van der Waals surface area contributed by atoms with Crippen molar-refractivity contribution >= 4 is 5.91 Å². The fraction of sp³-hybridized carbons (Fsp3) is 0.333. The Morgan fingerprint density at radius 3 is 3.12 bits per heavy atom. The molecule has 4 nitrogen and oxygen atoms in total. The van der Waals surface area contributed by atoms with Crippen LogP contribution in [0.15, 0.2) is 31.1 Å². The average Bonchev–Trinajstić information content (AvgIpc) is 2.28. The third kappa shape index (κ3) is 3.47. The molecule has 3 N–H and O–H groups in total. The quantitative estimate of drug-likeness (QED) is 0.723. The summed E-state index contributed by atoms with van der Waals surface area (Å²) in [6, 6.07) is 1.37. The number of amides is 1. The van der Waals surface area contributed by atoms with Gasteiger partial charge in [-0.15, -0.1) is 6.58 Å². The Kier molecular flexibility index (Phi) is 4.66. The molecule has 0 fully saturated rings. The Morgan fingerprint density at radius 1 is 1.75 bits per heavy atom. The summed E-state index contributed by atoms with van der Waals surface area (Å²) >= 11 is 0. The number of pyridine rings is 1. The predicted octanol–water partition coefficient (Wildman–Crippen LogP) is 0.910. The van der Waals surface area contributed by atoms with Crippen LogP contribution in [0.1, 0.15) is 17.5 Å². The van der Waals surface area contributed by atoms with Crippen molar-refractivity contribution in [2.75, 3.05) is 0 Å². The standard InChI is InChI=1S/C12H17N3O/c1-3-4-11(13)12(16)15-8-10-5-6-14-7-9(10)2/h3,5-7,11H,1,4,8,13H2,2H3,(H,15,16). The zero-order valence-corrected chi connectivity index (χ0v) is 9.44. The molecule has 0 bridgehead atoms. The van der Waals surface area contributed by atoms with Gasteiger partial charge in [-0.25, -0.2) is 0 Å². The summed E-state index contributed by atoms with van der Waals surface area (Å²) in [4.78, 5) is 15.5. The maximum absolute atomic E-state index is 11.5. The molecule has 4 heteroatoms. The van der Waals surface area contributed by atoms with Crippen molar-refractivity contribution in [1.29, 1.82) is 0 Å². The van der Waals surface area contributed by atoms with E-state index in [-0.39, 0.29) is 5.91 Å². The van der Waals surface area contributed by atoms with Crippen LogP contribution < -0.4 is 11.1 Å². The predicted molar refractivity (Wildman–Crippen MR) is 63.6 cm³/mol. The molecule has 86 valence electrons. The minimum atomic E-state index is -0.514. The number of nitrogens with two attached hydrogens (primary N) is 1. The van der Waals surface area contributed by atoms with Crippen molar-refractivity contribution < 1.29 is 4.79 Å². The second-order valence-electron chi connectivity index (χ2n) is 3.65. The molecule has 1 aromatic heterocycles. The number of nitrogens with zero attached hydrogens (tertiary/aromatic N) is 1. The summed E-state index contributed by atoms with van der Waals surface area (Å²) in [5.74, 6) is -0.156. The minimum absolute atomic E-state index is 0.156. The molecule has 1 atom stereocenters. The van der Waals surface area contributed by atoms with E-state index < -0.39 is 6.04 Å². The number of aromatic nitrogens is 1. The summed E-state index contributed by atoms with van der Waals surface area (Å²) in [6.07, 6.45) is 5.60. The van der Waals surface area contributed by atoms with Crippen LogP contribution in [0.2, 0.25) is 0 Å². The minimum Gasteiger partial charge on any atom is -0.351 e. The lowest BCUT2D eigenvalue weighted by Crippen LogP contribution is -2.39. The van der Waals surface area contributed by atoms with Gasteiger partial charge in [-0.3, -0.25) is 9.78 Å². The molecule has 1 unspecified atom stereocenters. The van der Waals surface area contributed by atoms with Gasteiger partial charge in [0.2, 0.25) is 5.91 Å². The highest BCUT2D eigenvalue weighted by Gasteiger charge is 2.10. The van der Waals surface area contributed by atoms with Crippen molar-refractivity contribution in [1.82, 2.24) is 10.3 Å². The maximum Gasteiger partial charge on any atom is 0.237 e. The van der Waals surface area contributed by atoms with Crippen LogP contribution in [0, 0.1) is 6.92 Å². The fourth-order valence-electron chi connectivity index (χ4n) is 1.30. The molecular formula is C12H17N3O. The van der Waals surface area contributed by atoms with E-state index in [0.717, 1.165) is 11.1 Å². The molecule has 0 aliphatic rings. The summed E-state index contributed by atoms with van der Waals surface area (Å²) in [6.45, 7) is 5.99. The SMILES string of the molecule is C=CCC(N)C(=O)NCc1ccncc1C. The number of carbonyl (C=O) groups excluding carboxylic acids is 1. The highest BCUT2D eigenvalue weighted by Crippen LogP contribution is 2.04. The van der Waals surface area contributed by atoms with Gasteiger partial charge in [-0.1, -0.05) is 6.08 Å².